The molecular weight excluding hydrogens is 342 g/mol. The zero-order chi connectivity index (χ0) is 19.6. The number of benzene rings is 2. The Labute approximate surface area is 160 Å². The Hall–Kier alpha value is -2.86. The second-order valence-electron chi connectivity index (χ2n) is 6.22. The van der Waals surface area contributed by atoms with Crippen LogP contribution in [0.5, 0.6) is 5.75 Å². The number of para-hydroxylation sites is 1. The lowest BCUT2D eigenvalue weighted by Gasteiger charge is -2.20. The smallest absolute Gasteiger partial charge is 0.253 e. The molecule has 0 saturated carbocycles. The highest BCUT2D eigenvalue weighted by Gasteiger charge is 2.17. The zero-order valence-corrected chi connectivity index (χ0v) is 15.9. The first-order valence-corrected chi connectivity index (χ1v) is 9.03. The summed E-state index contributed by atoms with van der Waals surface area (Å²) >= 11 is 0. The second-order valence-corrected chi connectivity index (χ2v) is 6.22. The highest BCUT2D eigenvalue weighted by molar-refractivity contribution is 6.04. The Morgan fingerprint density at radius 2 is 1.81 bits per heavy atom. The average Bonchev–Trinajstić information content (AvgIpc) is 2.71. The van der Waals surface area contributed by atoms with Crippen LogP contribution in [0.15, 0.2) is 48.5 Å². The normalized spacial score (nSPS) is 10.3. The van der Waals surface area contributed by atoms with Crippen molar-refractivity contribution in [3.05, 3.63) is 59.7 Å². The number of methoxy groups -OCH3 is 1. The van der Waals surface area contributed by atoms with Gasteiger partial charge in [-0.25, -0.2) is 0 Å². The summed E-state index contributed by atoms with van der Waals surface area (Å²) in [6, 6.07) is 14.9. The van der Waals surface area contributed by atoms with Gasteiger partial charge in [-0.1, -0.05) is 24.3 Å². The van der Waals surface area contributed by atoms with Gasteiger partial charge in [0.05, 0.1) is 18.4 Å². The van der Waals surface area contributed by atoms with Gasteiger partial charge in [-0.05, 0) is 49.2 Å². The summed E-state index contributed by atoms with van der Waals surface area (Å²) < 4.78 is 5.14. The highest BCUT2D eigenvalue weighted by Crippen LogP contribution is 2.20. The van der Waals surface area contributed by atoms with Crippen molar-refractivity contribution < 1.29 is 14.3 Å². The zero-order valence-electron chi connectivity index (χ0n) is 15.9. The van der Waals surface area contributed by atoms with E-state index in [1.54, 1.807) is 32.4 Å². The first-order valence-electron chi connectivity index (χ1n) is 9.03. The van der Waals surface area contributed by atoms with Crippen molar-refractivity contribution in [2.24, 2.45) is 5.73 Å². The third-order valence-corrected chi connectivity index (χ3v) is 4.34. The summed E-state index contributed by atoms with van der Waals surface area (Å²) in [5.74, 6) is 0.551. The van der Waals surface area contributed by atoms with Crippen LogP contribution in [0.4, 0.5) is 5.69 Å². The molecule has 0 unspecified atom stereocenters. The van der Waals surface area contributed by atoms with Gasteiger partial charge >= 0.3 is 0 Å². The molecule has 0 spiro atoms. The van der Waals surface area contributed by atoms with Gasteiger partial charge in [-0.3, -0.25) is 9.59 Å². The lowest BCUT2D eigenvalue weighted by atomic mass is 10.1. The van der Waals surface area contributed by atoms with Crippen LogP contribution < -0.4 is 20.7 Å². The minimum Gasteiger partial charge on any atom is -0.497 e. The van der Waals surface area contributed by atoms with Gasteiger partial charge in [0.1, 0.15) is 5.75 Å². The van der Waals surface area contributed by atoms with Crippen molar-refractivity contribution in [3.63, 3.8) is 0 Å². The largest absolute Gasteiger partial charge is 0.497 e. The van der Waals surface area contributed by atoms with Crippen LogP contribution in [0.1, 0.15) is 28.8 Å². The predicted octanol–water partition coefficient (Wildman–Crippen LogP) is 2.37. The summed E-state index contributed by atoms with van der Waals surface area (Å²) in [7, 11) is 3.31. The molecular formula is C21H27N3O3. The van der Waals surface area contributed by atoms with Crippen molar-refractivity contribution in [1.82, 2.24) is 5.32 Å². The molecule has 0 atom stereocenters. The van der Waals surface area contributed by atoms with E-state index in [4.69, 9.17) is 10.5 Å². The van der Waals surface area contributed by atoms with Gasteiger partial charge in [0.2, 0.25) is 5.91 Å². The van der Waals surface area contributed by atoms with Gasteiger partial charge in [0, 0.05) is 20.0 Å². The molecule has 0 heterocycles. The third-order valence-electron chi connectivity index (χ3n) is 4.34. The maximum atomic E-state index is 12.6. The third kappa shape index (κ3) is 5.82. The fourth-order valence-electron chi connectivity index (χ4n) is 2.72. The van der Waals surface area contributed by atoms with E-state index in [0.717, 1.165) is 11.3 Å². The summed E-state index contributed by atoms with van der Waals surface area (Å²) in [6.45, 7) is 0.970. The molecule has 2 rings (SSSR count). The molecule has 2 amide bonds. The molecule has 0 fully saturated rings. The quantitative estimate of drug-likeness (QED) is 0.711. The first kappa shape index (κ1) is 20.5. The topological polar surface area (TPSA) is 84.7 Å². The van der Waals surface area contributed by atoms with Crippen molar-refractivity contribution in [1.29, 1.82) is 0 Å². The minimum absolute atomic E-state index is 0.0565. The number of hydrogen-bond donors (Lipinski definition) is 2. The maximum absolute atomic E-state index is 12.6. The van der Waals surface area contributed by atoms with Crippen LogP contribution >= 0.6 is 0 Å². The van der Waals surface area contributed by atoms with Crippen LogP contribution in [-0.4, -0.2) is 39.1 Å². The highest BCUT2D eigenvalue weighted by atomic mass is 16.5. The molecule has 0 aliphatic heterocycles. The van der Waals surface area contributed by atoms with E-state index < -0.39 is 0 Å². The lowest BCUT2D eigenvalue weighted by molar-refractivity contribution is -0.118. The van der Waals surface area contributed by atoms with Crippen LogP contribution in [0, 0.1) is 0 Å². The molecule has 0 bridgehead atoms. The minimum atomic E-state index is -0.197. The van der Waals surface area contributed by atoms with Crippen LogP contribution in [-0.2, 0) is 11.2 Å². The first-order chi connectivity index (χ1) is 13.1. The molecule has 3 N–H and O–H groups in total. The summed E-state index contributed by atoms with van der Waals surface area (Å²) in [5, 5.41) is 2.93. The number of carbonyl (C=O) groups is 2. The standard InChI is InChI=1S/C21H27N3O3/c1-24(20(25)8-5-14-22)19-7-4-3-6-18(19)21(26)23-15-13-16-9-11-17(27-2)12-10-16/h3-4,6-7,9-12H,5,8,13-15,22H2,1-2H3,(H,23,26). The van der Waals surface area contributed by atoms with E-state index in [0.29, 0.717) is 43.6 Å². The molecule has 6 heteroatoms. The molecule has 6 nitrogen and oxygen atoms in total. The van der Waals surface area contributed by atoms with Crippen molar-refractivity contribution in [3.8, 4) is 5.75 Å². The van der Waals surface area contributed by atoms with Crippen LogP contribution in [0.2, 0.25) is 0 Å². The van der Waals surface area contributed by atoms with E-state index >= 15 is 0 Å². The monoisotopic (exact) mass is 369 g/mol. The van der Waals surface area contributed by atoms with Gasteiger partial charge in [-0.15, -0.1) is 0 Å². The van der Waals surface area contributed by atoms with Gasteiger partial charge in [0.25, 0.3) is 5.91 Å². The molecule has 0 aliphatic carbocycles. The Bertz CT molecular complexity index is 760. The van der Waals surface area contributed by atoms with Crippen molar-refractivity contribution in [2.45, 2.75) is 19.3 Å². The van der Waals surface area contributed by atoms with Crippen LogP contribution in [0.3, 0.4) is 0 Å². The summed E-state index contributed by atoms with van der Waals surface area (Å²) in [5.41, 5.74) is 7.66. The predicted molar refractivity (Wildman–Crippen MR) is 107 cm³/mol. The van der Waals surface area contributed by atoms with E-state index in [-0.39, 0.29) is 11.8 Å². The second kappa shape index (κ2) is 10.3. The summed E-state index contributed by atoms with van der Waals surface area (Å²) in [4.78, 5) is 26.4. The van der Waals surface area contributed by atoms with E-state index in [1.165, 1.54) is 4.90 Å². The van der Waals surface area contributed by atoms with Crippen LogP contribution in [0.25, 0.3) is 0 Å². The number of anilines is 1. The molecule has 27 heavy (non-hydrogen) atoms. The number of rotatable bonds is 9. The maximum Gasteiger partial charge on any atom is 0.253 e. The fourth-order valence-corrected chi connectivity index (χ4v) is 2.72. The van der Waals surface area contributed by atoms with E-state index in [9.17, 15) is 9.59 Å². The molecule has 0 aromatic heterocycles. The van der Waals surface area contributed by atoms with Gasteiger partial charge in [0.15, 0.2) is 0 Å². The Kier molecular flexibility index (Phi) is 7.82. The fraction of sp³-hybridized carbons (Fsp3) is 0.333. The SMILES string of the molecule is COc1ccc(CCNC(=O)c2ccccc2N(C)C(=O)CCCN)cc1. The molecule has 0 saturated heterocycles. The molecule has 2 aromatic rings. The lowest BCUT2D eigenvalue weighted by Crippen LogP contribution is -2.31. The number of nitrogens with two attached hydrogens (primary N) is 1. The van der Waals surface area contributed by atoms with Crippen molar-refractivity contribution in [2.75, 3.05) is 32.1 Å². The number of amides is 2. The Morgan fingerprint density at radius 3 is 2.48 bits per heavy atom. The number of ether oxygens (including phenoxy) is 1. The Morgan fingerprint density at radius 1 is 1.11 bits per heavy atom. The summed E-state index contributed by atoms with van der Waals surface area (Å²) in [6.07, 6.45) is 1.70. The number of nitrogens with zero attached hydrogens (tertiary/aromatic N) is 1. The molecule has 144 valence electrons. The van der Waals surface area contributed by atoms with Gasteiger partial charge < -0.3 is 20.7 Å². The molecule has 2 aromatic carbocycles. The molecule has 0 radical (unpaired) electrons. The van der Waals surface area contributed by atoms with Gasteiger partial charge in [-0.2, -0.15) is 0 Å². The Balaban J connectivity index is 1.98. The van der Waals surface area contributed by atoms with E-state index in [2.05, 4.69) is 5.32 Å². The average molecular weight is 369 g/mol. The number of nitrogens with one attached hydrogen (secondary N) is 1. The molecule has 0 aliphatic rings. The van der Waals surface area contributed by atoms with E-state index in [1.807, 2.05) is 30.3 Å². The van der Waals surface area contributed by atoms with Crippen molar-refractivity contribution >= 4 is 17.5 Å². The number of carbonyl (C=O) groups excluding carboxylic acids is 2. The number of hydrogen-bond acceptors (Lipinski definition) is 4.